The number of carbonyl (C=O) groups excluding carboxylic acids is 2. The maximum absolute atomic E-state index is 11.1. The summed E-state index contributed by atoms with van der Waals surface area (Å²) >= 11 is 0. The average molecular weight is 205 g/mol. The summed E-state index contributed by atoms with van der Waals surface area (Å²) in [5, 5.41) is 5.32. The fraction of sp³-hybridized carbons (Fsp3) is 0.125. The molecule has 0 bridgehead atoms. The molecule has 0 aliphatic rings. The fourth-order valence-electron chi connectivity index (χ4n) is 0.911. The number of anilines is 1. The van der Waals surface area contributed by atoms with Gasteiger partial charge in [-0.15, -0.1) is 0 Å². The summed E-state index contributed by atoms with van der Waals surface area (Å²) in [4.78, 5) is 28.0. The van der Waals surface area contributed by atoms with E-state index in [0.717, 1.165) is 0 Å². The van der Waals surface area contributed by atoms with Gasteiger partial charge in [0.25, 0.3) is 0 Å². The Kier molecular flexibility index (Phi) is 3.37. The van der Waals surface area contributed by atoms with E-state index in [0.29, 0.717) is 0 Å². The summed E-state index contributed by atoms with van der Waals surface area (Å²) in [7, 11) is 0. The lowest BCUT2D eigenvalue weighted by molar-refractivity contribution is -0.114. The van der Waals surface area contributed by atoms with Crippen molar-refractivity contribution in [3.63, 3.8) is 0 Å². The third-order valence-electron chi connectivity index (χ3n) is 1.45. The van der Waals surface area contributed by atoms with Gasteiger partial charge in [-0.2, -0.15) is 0 Å². The first-order chi connectivity index (χ1) is 7.13. The normalized spacial score (nSPS) is 8.87. The van der Waals surface area contributed by atoms with Crippen LogP contribution in [0.2, 0.25) is 0 Å². The Morgan fingerprint density at radius 1 is 1.60 bits per heavy atom. The van der Waals surface area contributed by atoms with Gasteiger partial charge in [0, 0.05) is 23.6 Å². The van der Waals surface area contributed by atoms with Crippen LogP contribution < -0.4 is 5.32 Å². The number of hydrogen-bond acceptors (Lipinski definition) is 3. The Balaban J connectivity index is 2.96. The first-order valence-corrected chi connectivity index (χ1v) is 3.96. The lowest BCUT2D eigenvalue weighted by atomic mass is 10.2. The summed E-state index contributed by atoms with van der Waals surface area (Å²) in [6.45, 7) is 1.32. The van der Waals surface area contributed by atoms with Gasteiger partial charge in [-0.05, 0) is 22.8 Å². The van der Waals surface area contributed by atoms with Crippen LogP contribution >= 0.6 is 0 Å². The van der Waals surface area contributed by atoms with Gasteiger partial charge >= 0.3 is 0 Å². The maximum atomic E-state index is 11.1. The molecule has 0 radical (unpaired) electrons. The van der Waals surface area contributed by atoms with Crippen molar-refractivity contribution in [3.8, 4) is 0 Å². The minimum absolute atomic E-state index is 0.173. The third-order valence-corrected chi connectivity index (χ3v) is 1.45. The molecule has 0 fully saturated rings. The second-order valence-corrected chi connectivity index (χ2v) is 2.61. The van der Waals surface area contributed by atoms with Crippen molar-refractivity contribution in [1.82, 2.24) is 4.98 Å². The number of nitrogens with one attached hydrogen (secondary N) is 1. The monoisotopic (exact) mass is 205 g/mol. The highest BCUT2D eigenvalue weighted by Gasteiger charge is 2.04. The number of azide groups is 1. The molecule has 0 saturated heterocycles. The van der Waals surface area contributed by atoms with Gasteiger partial charge < -0.3 is 5.32 Å². The number of carbonyl (C=O) groups is 2. The van der Waals surface area contributed by atoms with E-state index < -0.39 is 5.91 Å². The highest BCUT2D eigenvalue weighted by molar-refractivity contribution is 5.96. The molecule has 0 saturated carbocycles. The molecule has 1 heterocycles. The summed E-state index contributed by atoms with van der Waals surface area (Å²) in [6.07, 6.45) is 1.34. The van der Waals surface area contributed by atoms with Crippen LogP contribution in [-0.2, 0) is 4.79 Å². The lowest BCUT2D eigenvalue weighted by Crippen LogP contribution is -2.08. The molecule has 0 spiro atoms. The molecular formula is C8H7N5O2. The van der Waals surface area contributed by atoms with Crippen LogP contribution in [0.1, 0.15) is 17.3 Å². The highest BCUT2D eigenvalue weighted by atomic mass is 16.2. The van der Waals surface area contributed by atoms with E-state index in [9.17, 15) is 9.59 Å². The number of amides is 2. The average Bonchev–Trinajstić information content (AvgIpc) is 2.17. The second-order valence-electron chi connectivity index (χ2n) is 2.61. The molecule has 1 N–H and O–H groups in total. The van der Waals surface area contributed by atoms with Crippen molar-refractivity contribution < 1.29 is 9.59 Å². The van der Waals surface area contributed by atoms with Crippen LogP contribution in [0.3, 0.4) is 0 Å². The second kappa shape index (κ2) is 4.73. The van der Waals surface area contributed by atoms with Crippen molar-refractivity contribution in [2.75, 3.05) is 5.32 Å². The molecule has 1 rings (SSSR count). The fourth-order valence-corrected chi connectivity index (χ4v) is 0.911. The lowest BCUT2D eigenvalue weighted by Gasteiger charge is -2.01. The topological polar surface area (TPSA) is 108 Å². The Morgan fingerprint density at radius 2 is 2.33 bits per heavy atom. The summed E-state index contributed by atoms with van der Waals surface area (Å²) in [5.41, 5.74) is 8.24. The van der Waals surface area contributed by atoms with Gasteiger partial charge in [-0.3, -0.25) is 9.59 Å². The first-order valence-electron chi connectivity index (χ1n) is 3.96. The van der Waals surface area contributed by atoms with E-state index in [4.69, 9.17) is 5.53 Å². The Labute approximate surface area is 84.8 Å². The molecule has 1 aromatic heterocycles. The van der Waals surface area contributed by atoms with Crippen LogP contribution in [-0.4, -0.2) is 16.8 Å². The van der Waals surface area contributed by atoms with E-state index in [1.165, 1.54) is 25.3 Å². The number of pyridine rings is 1. The molecular weight excluding hydrogens is 198 g/mol. The predicted molar refractivity (Wildman–Crippen MR) is 52.0 cm³/mol. The van der Waals surface area contributed by atoms with Crippen molar-refractivity contribution in [2.24, 2.45) is 5.11 Å². The quantitative estimate of drug-likeness (QED) is 0.448. The summed E-state index contributed by atoms with van der Waals surface area (Å²) in [5.74, 6) is -0.774. The molecule has 76 valence electrons. The molecule has 7 nitrogen and oxygen atoms in total. The van der Waals surface area contributed by atoms with Crippen molar-refractivity contribution in [1.29, 1.82) is 0 Å². The number of rotatable bonds is 2. The largest absolute Gasteiger partial charge is 0.311 e. The Hall–Kier alpha value is -2.40. The zero-order valence-electron chi connectivity index (χ0n) is 7.84. The van der Waals surface area contributed by atoms with Crippen LogP contribution in [0.4, 0.5) is 5.82 Å². The molecule has 0 atom stereocenters. The first kappa shape index (κ1) is 10.7. The smallest absolute Gasteiger partial charge is 0.249 e. The molecule has 7 heteroatoms. The number of nitrogens with zero attached hydrogens (tertiary/aromatic N) is 4. The van der Waals surface area contributed by atoms with Gasteiger partial charge in [-0.1, -0.05) is 0 Å². The summed E-state index contributed by atoms with van der Waals surface area (Å²) in [6, 6.07) is 2.72. The molecule has 0 aliphatic heterocycles. The Morgan fingerprint density at radius 3 is 2.93 bits per heavy atom. The van der Waals surface area contributed by atoms with Gasteiger partial charge in [0.15, 0.2) is 0 Å². The molecule has 2 amide bonds. The number of aromatic nitrogens is 1. The van der Waals surface area contributed by atoms with Crippen molar-refractivity contribution in [3.05, 3.63) is 34.3 Å². The Bertz CT molecular complexity index is 450. The molecule has 15 heavy (non-hydrogen) atoms. The van der Waals surface area contributed by atoms with E-state index in [1.807, 2.05) is 0 Å². The minimum atomic E-state index is -0.716. The standard InChI is InChI=1S/C8H7N5O2/c1-5(14)11-7-4-6(2-3-10-7)8(15)12-13-9/h2-4H,1H3,(H,10,11,14). The molecule has 1 aromatic rings. The van der Waals surface area contributed by atoms with E-state index in [1.54, 1.807) is 0 Å². The zero-order chi connectivity index (χ0) is 11.3. The molecule has 0 aliphatic carbocycles. The van der Waals surface area contributed by atoms with Gasteiger partial charge in [0.2, 0.25) is 11.8 Å². The molecule has 0 unspecified atom stereocenters. The SMILES string of the molecule is CC(=O)Nc1cc(C(=O)N=[N+]=[N-])ccn1. The maximum Gasteiger partial charge on any atom is 0.249 e. The van der Waals surface area contributed by atoms with Gasteiger partial charge in [-0.25, -0.2) is 4.98 Å². The predicted octanol–water partition coefficient (Wildman–Crippen LogP) is 1.49. The van der Waals surface area contributed by atoms with Crippen molar-refractivity contribution in [2.45, 2.75) is 6.92 Å². The van der Waals surface area contributed by atoms with Crippen LogP contribution in [0, 0.1) is 0 Å². The van der Waals surface area contributed by atoms with Crippen LogP contribution in [0.25, 0.3) is 10.4 Å². The zero-order valence-corrected chi connectivity index (χ0v) is 7.84. The van der Waals surface area contributed by atoms with Crippen LogP contribution in [0.5, 0.6) is 0 Å². The van der Waals surface area contributed by atoms with E-state index >= 15 is 0 Å². The summed E-state index contributed by atoms with van der Waals surface area (Å²) < 4.78 is 0. The minimum Gasteiger partial charge on any atom is -0.311 e. The van der Waals surface area contributed by atoms with Crippen molar-refractivity contribution >= 4 is 17.6 Å². The van der Waals surface area contributed by atoms with Gasteiger partial charge in [0.05, 0.1) is 0 Å². The van der Waals surface area contributed by atoms with E-state index in [-0.39, 0.29) is 17.3 Å². The van der Waals surface area contributed by atoms with Gasteiger partial charge in [0.1, 0.15) is 5.82 Å². The highest BCUT2D eigenvalue weighted by Crippen LogP contribution is 2.07. The third kappa shape index (κ3) is 3.09. The van der Waals surface area contributed by atoms with Crippen LogP contribution in [0.15, 0.2) is 23.4 Å². The molecule has 0 aromatic carbocycles. The number of hydrogen-bond donors (Lipinski definition) is 1. The van der Waals surface area contributed by atoms with E-state index in [2.05, 4.69) is 20.3 Å².